The van der Waals surface area contributed by atoms with Crippen molar-refractivity contribution in [3.05, 3.63) is 57.8 Å². The SMILES string of the molecule is Cl.Cl.O=c1c2c(nc3cc(-c4ccccc4F)[nH]n13)CNC2. The summed E-state index contributed by atoms with van der Waals surface area (Å²) < 4.78 is 15.2. The van der Waals surface area contributed by atoms with Gasteiger partial charge in [-0.3, -0.25) is 9.89 Å². The summed E-state index contributed by atoms with van der Waals surface area (Å²) in [4.78, 5) is 16.7. The number of hydrogen-bond donors (Lipinski definition) is 2. The Labute approximate surface area is 137 Å². The number of fused-ring (bicyclic) bond motifs is 2. The number of nitrogens with one attached hydrogen (secondary N) is 2. The Morgan fingerprint density at radius 3 is 2.73 bits per heavy atom. The molecule has 1 aliphatic heterocycles. The molecule has 0 fully saturated rings. The molecule has 22 heavy (non-hydrogen) atoms. The molecule has 0 amide bonds. The molecule has 1 aliphatic rings. The Hall–Kier alpha value is -1.89. The van der Waals surface area contributed by atoms with Gasteiger partial charge in [-0.1, -0.05) is 12.1 Å². The molecule has 8 heteroatoms. The van der Waals surface area contributed by atoms with E-state index in [0.717, 1.165) is 5.69 Å². The molecule has 3 aromatic rings. The lowest BCUT2D eigenvalue weighted by molar-refractivity contribution is 0.630. The summed E-state index contributed by atoms with van der Waals surface area (Å²) in [7, 11) is 0. The summed E-state index contributed by atoms with van der Waals surface area (Å²) in [6.07, 6.45) is 0. The normalized spacial score (nSPS) is 12.6. The van der Waals surface area contributed by atoms with Crippen LogP contribution in [0.1, 0.15) is 11.3 Å². The van der Waals surface area contributed by atoms with Gasteiger partial charge in [-0.15, -0.1) is 24.8 Å². The maximum atomic E-state index is 13.8. The lowest BCUT2D eigenvalue weighted by Gasteiger charge is -1.99. The van der Waals surface area contributed by atoms with Gasteiger partial charge in [0.05, 0.1) is 17.0 Å². The number of rotatable bonds is 1. The van der Waals surface area contributed by atoms with E-state index in [1.807, 2.05) is 0 Å². The molecule has 4 rings (SSSR count). The molecule has 0 atom stereocenters. The highest BCUT2D eigenvalue weighted by molar-refractivity contribution is 5.85. The maximum Gasteiger partial charge on any atom is 0.277 e. The second-order valence-corrected chi connectivity index (χ2v) is 4.79. The van der Waals surface area contributed by atoms with E-state index in [4.69, 9.17) is 0 Å². The smallest absolute Gasteiger partial charge is 0.277 e. The van der Waals surface area contributed by atoms with Gasteiger partial charge in [0.1, 0.15) is 5.82 Å². The van der Waals surface area contributed by atoms with Crippen LogP contribution in [0.3, 0.4) is 0 Å². The highest BCUT2D eigenvalue weighted by Gasteiger charge is 2.19. The molecule has 0 radical (unpaired) electrons. The van der Waals surface area contributed by atoms with Crippen molar-refractivity contribution in [1.82, 2.24) is 19.9 Å². The quantitative estimate of drug-likeness (QED) is 0.713. The Morgan fingerprint density at radius 2 is 1.95 bits per heavy atom. The predicted molar refractivity (Wildman–Crippen MR) is 86.2 cm³/mol. The Morgan fingerprint density at radius 1 is 1.18 bits per heavy atom. The molecule has 0 bridgehead atoms. The molecule has 0 saturated heterocycles. The summed E-state index contributed by atoms with van der Waals surface area (Å²) >= 11 is 0. The van der Waals surface area contributed by atoms with Gasteiger partial charge in [-0.25, -0.2) is 13.9 Å². The molecule has 0 aliphatic carbocycles. The highest BCUT2D eigenvalue weighted by atomic mass is 35.5. The van der Waals surface area contributed by atoms with Crippen molar-refractivity contribution in [3.8, 4) is 11.3 Å². The second kappa shape index (κ2) is 6.08. The third-order valence-electron chi connectivity index (χ3n) is 3.55. The number of benzene rings is 1. The van der Waals surface area contributed by atoms with Crippen molar-refractivity contribution >= 4 is 30.5 Å². The van der Waals surface area contributed by atoms with E-state index in [1.165, 1.54) is 10.6 Å². The zero-order valence-corrected chi connectivity index (χ0v) is 12.9. The van der Waals surface area contributed by atoms with Crippen molar-refractivity contribution in [3.63, 3.8) is 0 Å². The molecule has 0 unspecified atom stereocenters. The van der Waals surface area contributed by atoms with Crippen LogP contribution in [-0.2, 0) is 13.1 Å². The van der Waals surface area contributed by atoms with Gasteiger partial charge in [0.25, 0.3) is 5.56 Å². The molecule has 116 valence electrons. The first-order valence-electron chi connectivity index (χ1n) is 6.33. The van der Waals surface area contributed by atoms with Crippen molar-refractivity contribution in [2.24, 2.45) is 0 Å². The Bertz CT molecular complexity index is 890. The molecule has 0 spiro atoms. The van der Waals surface area contributed by atoms with Crippen molar-refractivity contribution in [2.75, 3.05) is 0 Å². The fraction of sp³-hybridized carbons (Fsp3) is 0.143. The summed E-state index contributed by atoms with van der Waals surface area (Å²) in [5.74, 6) is -0.332. The first-order valence-corrected chi connectivity index (χ1v) is 6.33. The monoisotopic (exact) mass is 342 g/mol. The Balaban J connectivity index is 0.000000882. The number of hydrogen-bond acceptors (Lipinski definition) is 3. The zero-order chi connectivity index (χ0) is 13.7. The molecule has 5 nitrogen and oxygen atoms in total. The first kappa shape index (κ1) is 16.5. The number of halogens is 3. The molecule has 3 heterocycles. The second-order valence-electron chi connectivity index (χ2n) is 4.79. The molecule has 2 aromatic heterocycles. The van der Waals surface area contributed by atoms with E-state index in [1.54, 1.807) is 24.3 Å². The molecule has 1 aromatic carbocycles. The standard InChI is InChI=1S/C14H11FN4O.2ClH/c15-10-4-2-1-3-8(10)11-5-13-17-12-7-16-6-9(12)14(20)19(13)18-11;;/h1-5,16,18H,6-7H2;2*1H. The Kier molecular flexibility index (Phi) is 4.55. The highest BCUT2D eigenvalue weighted by Crippen LogP contribution is 2.22. The van der Waals surface area contributed by atoms with E-state index >= 15 is 0 Å². The van der Waals surface area contributed by atoms with Crippen LogP contribution in [0.25, 0.3) is 16.9 Å². The van der Waals surface area contributed by atoms with E-state index < -0.39 is 0 Å². The maximum absolute atomic E-state index is 13.8. The average molecular weight is 343 g/mol. The largest absolute Gasteiger partial charge is 0.307 e. The van der Waals surface area contributed by atoms with E-state index in [0.29, 0.717) is 35.6 Å². The van der Waals surface area contributed by atoms with Crippen LogP contribution in [0, 0.1) is 5.82 Å². The number of aromatic nitrogens is 3. The van der Waals surface area contributed by atoms with Crippen LogP contribution in [0.15, 0.2) is 35.1 Å². The van der Waals surface area contributed by atoms with Crippen molar-refractivity contribution in [1.29, 1.82) is 0 Å². The summed E-state index contributed by atoms with van der Waals surface area (Å²) in [6.45, 7) is 1.12. The van der Waals surface area contributed by atoms with Crippen LogP contribution in [0.5, 0.6) is 0 Å². The fourth-order valence-corrected chi connectivity index (χ4v) is 2.55. The minimum Gasteiger partial charge on any atom is -0.307 e. The minimum atomic E-state index is -0.332. The lowest BCUT2D eigenvalue weighted by Crippen LogP contribution is -2.20. The van der Waals surface area contributed by atoms with Crippen LogP contribution in [0.2, 0.25) is 0 Å². The predicted octanol–water partition coefficient (Wildman–Crippen LogP) is 2.28. The van der Waals surface area contributed by atoms with Crippen LogP contribution < -0.4 is 10.9 Å². The summed E-state index contributed by atoms with van der Waals surface area (Å²) in [5, 5.41) is 6.02. The van der Waals surface area contributed by atoms with E-state index in [2.05, 4.69) is 15.4 Å². The molecule has 2 N–H and O–H groups in total. The summed E-state index contributed by atoms with van der Waals surface area (Å²) in [6, 6.07) is 8.13. The number of nitrogens with zero attached hydrogens (tertiary/aromatic N) is 2. The number of H-pyrrole nitrogens is 1. The third kappa shape index (κ3) is 2.39. The van der Waals surface area contributed by atoms with Gasteiger partial charge < -0.3 is 5.32 Å². The third-order valence-corrected chi connectivity index (χ3v) is 3.55. The van der Waals surface area contributed by atoms with Crippen LogP contribution in [-0.4, -0.2) is 14.6 Å². The van der Waals surface area contributed by atoms with Crippen molar-refractivity contribution < 1.29 is 4.39 Å². The minimum absolute atomic E-state index is 0. The van der Waals surface area contributed by atoms with Gasteiger partial charge in [-0.2, -0.15) is 0 Å². The average Bonchev–Trinajstić information content (AvgIpc) is 3.06. The summed E-state index contributed by atoms with van der Waals surface area (Å²) in [5.41, 5.74) is 2.80. The zero-order valence-electron chi connectivity index (χ0n) is 11.3. The van der Waals surface area contributed by atoms with Crippen LogP contribution in [0.4, 0.5) is 4.39 Å². The van der Waals surface area contributed by atoms with Gasteiger partial charge in [0.2, 0.25) is 0 Å². The van der Waals surface area contributed by atoms with Gasteiger partial charge in [-0.05, 0) is 12.1 Å². The molecular weight excluding hydrogens is 330 g/mol. The molecular formula is C14H13Cl2FN4O. The first-order chi connectivity index (χ1) is 9.74. The van der Waals surface area contributed by atoms with E-state index in [9.17, 15) is 9.18 Å². The van der Waals surface area contributed by atoms with Crippen LogP contribution >= 0.6 is 24.8 Å². The van der Waals surface area contributed by atoms with Gasteiger partial charge >= 0.3 is 0 Å². The topological polar surface area (TPSA) is 62.2 Å². The van der Waals surface area contributed by atoms with Gasteiger partial charge in [0, 0.05) is 24.7 Å². The molecule has 0 saturated carbocycles. The van der Waals surface area contributed by atoms with Crippen molar-refractivity contribution in [2.45, 2.75) is 13.1 Å². The fourth-order valence-electron chi connectivity index (χ4n) is 2.55. The number of aromatic amines is 1. The van der Waals surface area contributed by atoms with E-state index in [-0.39, 0.29) is 36.2 Å². The van der Waals surface area contributed by atoms with Gasteiger partial charge in [0.15, 0.2) is 5.65 Å². The lowest BCUT2D eigenvalue weighted by atomic mass is 10.1.